The number of nitrogens with zero attached hydrogens (tertiary/aromatic N) is 1. The van der Waals surface area contributed by atoms with Gasteiger partial charge in [-0.25, -0.2) is 4.39 Å². The Morgan fingerprint density at radius 3 is 2.64 bits per heavy atom. The number of benzene rings is 2. The monoisotopic (exact) mass is 419 g/mol. The lowest BCUT2D eigenvalue weighted by Gasteiger charge is -2.43. The van der Waals surface area contributed by atoms with Gasteiger partial charge in [-0.3, -0.25) is 4.99 Å². The van der Waals surface area contributed by atoms with E-state index in [4.69, 9.17) is 4.99 Å². The molecule has 1 spiro atoms. The molecule has 0 amide bonds. The second kappa shape index (κ2) is 7.00. The lowest BCUT2D eigenvalue weighted by molar-refractivity contribution is 0.558. The SMILES string of the molecule is Fc1cc(Br)ccc1CN=C1Nc2ccccc2NC12CCSCC2. The molecule has 0 unspecified atom stereocenters. The van der Waals surface area contributed by atoms with Gasteiger partial charge in [0.15, 0.2) is 0 Å². The minimum atomic E-state index is -0.226. The Morgan fingerprint density at radius 1 is 1.12 bits per heavy atom. The molecule has 1 fully saturated rings. The van der Waals surface area contributed by atoms with Crippen LogP contribution in [0, 0.1) is 5.82 Å². The van der Waals surface area contributed by atoms with Crippen LogP contribution < -0.4 is 10.6 Å². The summed E-state index contributed by atoms with van der Waals surface area (Å²) < 4.78 is 14.9. The molecular formula is C19H19BrFN3S. The van der Waals surface area contributed by atoms with Crippen molar-refractivity contribution in [1.82, 2.24) is 0 Å². The zero-order valence-electron chi connectivity index (χ0n) is 13.7. The van der Waals surface area contributed by atoms with E-state index in [1.54, 1.807) is 6.07 Å². The maximum Gasteiger partial charge on any atom is 0.129 e. The Morgan fingerprint density at radius 2 is 1.88 bits per heavy atom. The van der Waals surface area contributed by atoms with Gasteiger partial charge in [0, 0.05) is 10.0 Å². The molecule has 2 aliphatic heterocycles. The van der Waals surface area contributed by atoms with E-state index in [0.717, 1.165) is 46.0 Å². The first kappa shape index (κ1) is 16.9. The summed E-state index contributed by atoms with van der Waals surface area (Å²) in [7, 11) is 0. The van der Waals surface area contributed by atoms with Crippen LogP contribution in [0.5, 0.6) is 0 Å². The number of amidine groups is 1. The van der Waals surface area contributed by atoms with E-state index in [1.165, 1.54) is 6.07 Å². The predicted molar refractivity (Wildman–Crippen MR) is 108 cm³/mol. The summed E-state index contributed by atoms with van der Waals surface area (Å²) in [6, 6.07) is 13.3. The molecule has 2 aromatic rings. The van der Waals surface area contributed by atoms with Crippen LogP contribution in [0.15, 0.2) is 51.9 Å². The van der Waals surface area contributed by atoms with Crippen molar-refractivity contribution in [2.75, 3.05) is 22.1 Å². The van der Waals surface area contributed by atoms with Gasteiger partial charge >= 0.3 is 0 Å². The highest BCUT2D eigenvalue weighted by atomic mass is 79.9. The second-order valence-electron chi connectivity index (χ2n) is 6.39. The molecule has 2 aliphatic rings. The summed E-state index contributed by atoms with van der Waals surface area (Å²) in [4.78, 5) is 4.80. The number of halogens is 2. The number of aliphatic imine (C=N–C) groups is 1. The molecular weight excluding hydrogens is 401 g/mol. The van der Waals surface area contributed by atoms with Crippen molar-refractivity contribution in [2.45, 2.75) is 24.9 Å². The van der Waals surface area contributed by atoms with Gasteiger partial charge in [0.2, 0.25) is 0 Å². The quantitative estimate of drug-likeness (QED) is 0.693. The predicted octanol–water partition coefficient (Wildman–Crippen LogP) is 5.29. The van der Waals surface area contributed by atoms with Crippen LogP contribution in [0.25, 0.3) is 0 Å². The van der Waals surface area contributed by atoms with Gasteiger partial charge in [-0.05, 0) is 48.6 Å². The van der Waals surface area contributed by atoms with Crippen molar-refractivity contribution in [3.63, 3.8) is 0 Å². The highest BCUT2D eigenvalue weighted by molar-refractivity contribution is 9.10. The van der Waals surface area contributed by atoms with Crippen LogP contribution in [0.4, 0.5) is 15.8 Å². The van der Waals surface area contributed by atoms with Gasteiger partial charge in [-0.1, -0.05) is 34.1 Å². The van der Waals surface area contributed by atoms with E-state index in [-0.39, 0.29) is 11.4 Å². The minimum Gasteiger partial charge on any atom is -0.371 e. The number of thioether (sulfide) groups is 1. The average Bonchev–Trinajstić information content (AvgIpc) is 2.62. The minimum absolute atomic E-state index is 0.175. The van der Waals surface area contributed by atoms with Crippen molar-refractivity contribution in [3.05, 3.63) is 58.3 Å². The van der Waals surface area contributed by atoms with Gasteiger partial charge < -0.3 is 10.6 Å². The van der Waals surface area contributed by atoms with E-state index in [1.807, 2.05) is 36.0 Å². The lowest BCUT2D eigenvalue weighted by Crippen LogP contribution is -2.54. The van der Waals surface area contributed by atoms with Crippen LogP contribution in [0.2, 0.25) is 0 Å². The second-order valence-corrected chi connectivity index (χ2v) is 8.53. The Kier molecular flexibility index (Phi) is 4.73. The molecule has 4 rings (SSSR count). The van der Waals surface area contributed by atoms with Crippen molar-refractivity contribution in [1.29, 1.82) is 0 Å². The number of rotatable bonds is 2. The van der Waals surface area contributed by atoms with Crippen molar-refractivity contribution in [3.8, 4) is 0 Å². The molecule has 0 radical (unpaired) electrons. The van der Waals surface area contributed by atoms with E-state index < -0.39 is 0 Å². The molecule has 0 aromatic heterocycles. The van der Waals surface area contributed by atoms with E-state index in [9.17, 15) is 4.39 Å². The molecule has 2 heterocycles. The number of hydrogen-bond donors (Lipinski definition) is 2. The van der Waals surface area contributed by atoms with Crippen LogP contribution >= 0.6 is 27.7 Å². The van der Waals surface area contributed by atoms with Crippen molar-refractivity contribution < 1.29 is 4.39 Å². The first-order valence-corrected chi connectivity index (χ1v) is 10.3. The summed E-state index contributed by atoms with van der Waals surface area (Å²) in [6.07, 6.45) is 2.03. The fraction of sp³-hybridized carbons (Fsp3) is 0.316. The zero-order chi connectivity index (χ0) is 17.3. The van der Waals surface area contributed by atoms with E-state index in [0.29, 0.717) is 12.1 Å². The van der Waals surface area contributed by atoms with Gasteiger partial charge in [-0.2, -0.15) is 11.8 Å². The molecule has 25 heavy (non-hydrogen) atoms. The maximum absolute atomic E-state index is 14.1. The highest BCUT2D eigenvalue weighted by Crippen LogP contribution is 2.38. The van der Waals surface area contributed by atoms with Gasteiger partial charge in [0.05, 0.1) is 23.5 Å². The molecule has 0 atom stereocenters. The molecule has 1 saturated heterocycles. The Balaban J connectivity index is 1.67. The topological polar surface area (TPSA) is 36.4 Å². The standard InChI is InChI=1S/C19H19BrFN3S/c20-14-6-5-13(15(21)11-14)12-22-18-19(7-9-25-10-8-19)24-17-4-2-1-3-16(17)23-18/h1-6,11,24H,7-10,12H2,(H,22,23). The first-order chi connectivity index (χ1) is 12.2. The molecule has 0 saturated carbocycles. The fourth-order valence-electron chi connectivity index (χ4n) is 3.35. The third-order valence-corrected chi connectivity index (χ3v) is 6.26. The molecule has 3 nitrogen and oxygen atoms in total. The van der Waals surface area contributed by atoms with Gasteiger partial charge in [0.1, 0.15) is 11.7 Å². The van der Waals surface area contributed by atoms with Crippen molar-refractivity contribution in [2.24, 2.45) is 4.99 Å². The van der Waals surface area contributed by atoms with Crippen LogP contribution in [0.1, 0.15) is 18.4 Å². The van der Waals surface area contributed by atoms with Crippen LogP contribution in [-0.2, 0) is 6.54 Å². The number of hydrogen-bond acceptors (Lipinski definition) is 3. The normalized spacial score (nSPS) is 20.0. The summed E-state index contributed by atoms with van der Waals surface area (Å²) in [5, 5.41) is 7.22. The molecule has 6 heteroatoms. The summed E-state index contributed by atoms with van der Waals surface area (Å²) in [5.74, 6) is 2.90. The molecule has 2 N–H and O–H groups in total. The first-order valence-electron chi connectivity index (χ1n) is 8.37. The molecule has 0 bridgehead atoms. The number of nitrogens with one attached hydrogen (secondary N) is 2. The van der Waals surface area contributed by atoms with E-state index >= 15 is 0 Å². The smallest absolute Gasteiger partial charge is 0.129 e. The summed E-state index contributed by atoms with van der Waals surface area (Å²) in [6.45, 7) is 0.334. The van der Waals surface area contributed by atoms with Gasteiger partial charge in [-0.15, -0.1) is 0 Å². The van der Waals surface area contributed by atoms with Crippen LogP contribution in [0.3, 0.4) is 0 Å². The fourth-order valence-corrected chi connectivity index (χ4v) is 4.87. The molecule has 0 aliphatic carbocycles. The zero-order valence-corrected chi connectivity index (χ0v) is 16.1. The van der Waals surface area contributed by atoms with Crippen LogP contribution in [-0.4, -0.2) is 22.9 Å². The summed E-state index contributed by atoms with van der Waals surface area (Å²) in [5.41, 5.74) is 2.58. The highest BCUT2D eigenvalue weighted by Gasteiger charge is 2.40. The van der Waals surface area contributed by atoms with Crippen molar-refractivity contribution >= 4 is 44.9 Å². The third kappa shape index (κ3) is 3.42. The molecule has 130 valence electrons. The third-order valence-electron chi connectivity index (χ3n) is 4.78. The summed E-state index contributed by atoms with van der Waals surface area (Å²) >= 11 is 5.28. The molecule has 2 aromatic carbocycles. The number of anilines is 2. The Labute approximate surface area is 159 Å². The largest absolute Gasteiger partial charge is 0.371 e. The van der Waals surface area contributed by atoms with E-state index in [2.05, 4.69) is 32.6 Å². The Bertz CT molecular complexity index is 818. The lowest BCUT2D eigenvalue weighted by atomic mass is 9.87. The van der Waals surface area contributed by atoms with Gasteiger partial charge in [0.25, 0.3) is 0 Å². The maximum atomic E-state index is 14.1. The average molecular weight is 420 g/mol. The number of fused-ring (bicyclic) bond motifs is 1. The number of para-hydroxylation sites is 2. The Hall–Kier alpha value is -1.53.